The van der Waals surface area contributed by atoms with Gasteiger partial charge in [0.2, 0.25) is 0 Å². The van der Waals surface area contributed by atoms with Crippen LogP contribution in [-0.2, 0) is 4.79 Å². The first-order valence-electron chi connectivity index (χ1n) is 5.63. The average molecular weight is 254 g/mol. The molecule has 1 aliphatic heterocycles. The van der Waals surface area contributed by atoms with Crippen LogP contribution in [0.2, 0.25) is 0 Å². The van der Waals surface area contributed by atoms with Gasteiger partial charge in [-0.05, 0) is 19.8 Å². The van der Waals surface area contributed by atoms with Crippen LogP contribution in [0, 0.1) is 0 Å². The molecule has 9 heteroatoms. The lowest BCUT2D eigenvalue weighted by Crippen LogP contribution is -2.46. The van der Waals surface area contributed by atoms with Crippen LogP contribution in [-0.4, -0.2) is 55.2 Å². The molecule has 1 fully saturated rings. The van der Waals surface area contributed by atoms with Crippen molar-refractivity contribution in [1.29, 1.82) is 0 Å². The first-order valence-corrected chi connectivity index (χ1v) is 5.63. The standard InChI is InChI=1S/C9H14N6O3/c1-5(7-11-13-14-12-7)10-9(18)15-4-2-3-6(15)8(16)17/h5-6H,2-4H2,1H3,(H,10,18)(H,16,17)(H,11,12,13,14). The van der Waals surface area contributed by atoms with Crippen molar-refractivity contribution in [1.82, 2.24) is 30.8 Å². The lowest BCUT2D eigenvalue weighted by molar-refractivity contribution is -0.141. The smallest absolute Gasteiger partial charge is 0.326 e. The number of aliphatic carboxylic acids is 1. The van der Waals surface area contributed by atoms with E-state index in [1.807, 2.05) is 0 Å². The monoisotopic (exact) mass is 254 g/mol. The number of urea groups is 1. The Hall–Kier alpha value is -2.19. The first kappa shape index (κ1) is 12.3. The fraction of sp³-hybridized carbons (Fsp3) is 0.667. The lowest BCUT2D eigenvalue weighted by Gasteiger charge is -2.23. The Kier molecular flexibility index (Phi) is 3.40. The maximum atomic E-state index is 11.9. The number of aromatic amines is 1. The number of H-pyrrole nitrogens is 1. The van der Waals surface area contributed by atoms with Crippen LogP contribution in [0.1, 0.15) is 31.6 Å². The predicted molar refractivity (Wildman–Crippen MR) is 58.5 cm³/mol. The number of aromatic nitrogens is 4. The van der Waals surface area contributed by atoms with Gasteiger partial charge in [0.05, 0.1) is 6.04 Å². The average Bonchev–Trinajstić information content (AvgIpc) is 3.00. The Balaban J connectivity index is 1.97. The number of likely N-dealkylation sites (tertiary alicyclic amines) is 1. The molecule has 1 aromatic rings. The number of carboxylic acids is 1. The molecule has 0 aliphatic carbocycles. The van der Waals surface area contributed by atoms with Crippen LogP contribution in [0.5, 0.6) is 0 Å². The summed E-state index contributed by atoms with van der Waals surface area (Å²) in [5.41, 5.74) is 0. The highest BCUT2D eigenvalue weighted by Crippen LogP contribution is 2.18. The van der Waals surface area contributed by atoms with Crippen LogP contribution in [0.25, 0.3) is 0 Å². The zero-order chi connectivity index (χ0) is 13.1. The number of nitrogens with zero attached hydrogens (tertiary/aromatic N) is 4. The van der Waals surface area contributed by atoms with Crippen molar-refractivity contribution in [3.05, 3.63) is 5.82 Å². The summed E-state index contributed by atoms with van der Waals surface area (Å²) in [6, 6.07) is -1.59. The zero-order valence-corrected chi connectivity index (χ0v) is 9.83. The van der Waals surface area contributed by atoms with Crippen LogP contribution in [0.15, 0.2) is 0 Å². The molecule has 2 unspecified atom stereocenters. The highest BCUT2D eigenvalue weighted by molar-refractivity contribution is 5.83. The quantitative estimate of drug-likeness (QED) is 0.669. The molecule has 9 nitrogen and oxygen atoms in total. The molecule has 18 heavy (non-hydrogen) atoms. The summed E-state index contributed by atoms with van der Waals surface area (Å²) in [7, 11) is 0. The van der Waals surface area contributed by atoms with E-state index in [2.05, 4.69) is 25.9 Å². The highest BCUT2D eigenvalue weighted by Gasteiger charge is 2.34. The summed E-state index contributed by atoms with van der Waals surface area (Å²) in [4.78, 5) is 24.2. The first-order chi connectivity index (χ1) is 8.59. The van der Waals surface area contributed by atoms with Crippen molar-refractivity contribution in [2.45, 2.75) is 31.8 Å². The number of carbonyl (C=O) groups excluding carboxylic acids is 1. The second-order valence-corrected chi connectivity index (χ2v) is 4.13. The van der Waals surface area contributed by atoms with Gasteiger partial charge in [-0.15, -0.1) is 10.2 Å². The van der Waals surface area contributed by atoms with E-state index in [1.54, 1.807) is 6.92 Å². The van der Waals surface area contributed by atoms with Gasteiger partial charge >= 0.3 is 12.0 Å². The topological polar surface area (TPSA) is 124 Å². The third kappa shape index (κ3) is 2.39. The van der Waals surface area contributed by atoms with Crippen LogP contribution in [0.3, 0.4) is 0 Å². The van der Waals surface area contributed by atoms with E-state index in [-0.39, 0.29) is 0 Å². The maximum absolute atomic E-state index is 11.9. The van der Waals surface area contributed by atoms with Crippen molar-refractivity contribution < 1.29 is 14.7 Å². The summed E-state index contributed by atoms with van der Waals surface area (Å²) in [5, 5.41) is 24.8. The second-order valence-electron chi connectivity index (χ2n) is 4.13. The number of hydrogen-bond donors (Lipinski definition) is 3. The van der Waals surface area contributed by atoms with E-state index in [0.717, 1.165) is 0 Å². The highest BCUT2D eigenvalue weighted by atomic mass is 16.4. The van der Waals surface area contributed by atoms with Crippen molar-refractivity contribution in [3.63, 3.8) is 0 Å². The normalized spacial score (nSPS) is 20.7. The number of rotatable bonds is 3. The molecule has 0 saturated carbocycles. The Morgan fingerprint density at radius 2 is 2.39 bits per heavy atom. The Bertz CT molecular complexity index is 434. The van der Waals surface area contributed by atoms with Gasteiger partial charge in [0, 0.05) is 6.54 Å². The van der Waals surface area contributed by atoms with E-state index in [0.29, 0.717) is 25.2 Å². The summed E-state index contributed by atoms with van der Waals surface area (Å²) >= 11 is 0. The zero-order valence-electron chi connectivity index (χ0n) is 9.83. The molecule has 98 valence electrons. The van der Waals surface area contributed by atoms with Crippen molar-refractivity contribution in [2.75, 3.05) is 6.54 Å². The van der Waals surface area contributed by atoms with Crippen molar-refractivity contribution in [2.24, 2.45) is 0 Å². The predicted octanol–water partition coefficient (Wildman–Crippen LogP) is -0.481. The molecule has 0 bridgehead atoms. The third-order valence-electron chi connectivity index (χ3n) is 2.89. The molecule has 0 spiro atoms. The van der Waals surface area contributed by atoms with Crippen LogP contribution >= 0.6 is 0 Å². The minimum Gasteiger partial charge on any atom is -0.480 e. The molecule has 1 aromatic heterocycles. The van der Waals surface area contributed by atoms with E-state index >= 15 is 0 Å². The summed E-state index contributed by atoms with van der Waals surface area (Å²) in [5.74, 6) is -0.621. The molecule has 0 aromatic carbocycles. The maximum Gasteiger partial charge on any atom is 0.326 e. The summed E-state index contributed by atoms with van der Waals surface area (Å²) < 4.78 is 0. The van der Waals surface area contributed by atoms with Gasteiger partial charge < -0.3 is 15.3 Å². The summed E-state index contributed by atoms with van der Waals surface area (Å²) in [6.45, 7) is 2.15. The van der Waals surface area contributed by atoms with E-state index in [9.17, 15) is 9.59 Å². The molecule has 2 heterocycles. The molecule has 3 N–H and O–H groups in total. The van der Waals surface area contributed by atoms with Gasteiger partial charge in [-0.2, -0.15) is 5.21 Å². The minimum absolute atomic E-state index is 0.356. The van der Waals surface area contributed by atoms with Crippen LogP contribution in [0.4, 0.5) is 4.79 Å². The van der Waals surface area contributed by atoms with Gasteiger partial charge in [0.15, 0.2) is 5.82 Å². The molecule has 1 saturated heterocycles. The van der Waals surface area contributed by atoms with E-state index in [1.165, 1.54) is 4.90 Å². The summed E-state index contributed by atoms with van der Waals surface area (Å²) in [6.07, 6.45) is 1.18. The van der Waals surface area contributed by atoms with Gasteiger partial charge in [-0.1, -0.05) is 5.21 Å². The Labute approximate surface area is 103 Å². The lowest BCUT2D eigenvalue weighted by atomic mass is 10.2. The minimum atomic E-state index is -0.977. The largest absolute Gasteiger partial charge is 0.480 e. The number of hydrogen-bond acceptors (Lipinski definition) is 5. The molecular weight excluding hydrogens is 240 g/mol. The fourth-order valence-electron chi connectivity index (χ4n) is 1.95. The number of tetrazole rings is 1. The Morgan fingerprint density at radius 1 is 1.61 bits per heavy atom. The number of nitrogens with one attached hydrogen (secondary N) is 2. The molecular formula is C9H14N6O3. The van der Waals surface area contributed by atoms with E-state index < -0.39 is 24.1 Å². The third-order valence-corrected chi connectivity index (χ3v) is 2.89. The van der Waals surface area contributed by atoms with Gasteiger partial charge in [-0.3, -0.25) is 0 Å². The second kappa shape index (κ2) is 4.98. The Morgan fingerprint density at radius 3 is 3.00 bits per heavy atom. The van der Waals surface area contributed by atoms with E-state index in [4.69, 9.17) is 5.11 Å². The molecule has 1 aliphatic rings. The van der Waals surface area contributed by atoms with Crippen molar-refractivity contribution in [3.8, 4) is 0 Å². The van der Waals surface area contributed by atoms with Gasteiger partial charge in [-0.25, -0.2) is 9.59 Å². The number of carbonyl (C=O) groups is 2. The number of carboxylic acid groups (broad SMARTS) is 1. The van der Waals surface area contributed by atoms with Crippen molar-refractivity contribution >= 4 is 12.0 Å². The number of amides is 2. The molecule has 0 radical (unpaired) electrons. The van der Waals surface area contributed by atoms with Gasteiger partial charge in [0.25, 0.3) is 0 Å². The SMILES string of the molecule is CC(NC(=O)N1CCCC1C(=O)O)c1nn[nH]n1. The molecule has 2 atom stereocenters. The fourth-order valence-corrected chi connectivity index (χ4v) is 1.95. The van der Waals surface area contributed by atoms with Crippen LogP contribution < -0.4 is 5.32 Å². The van der Waals surface area contributed by atoms with Gasteiger partial charge in [0.1, 0.15) is 6.04 Å². The molecule has 2 rings (SSSR count). The molecule has 2 amide bonds.